The van der Waals surface area contributed by atoms with Crippen LogP contribution in [-0.4, -0.2) is 11.1 Å². The molecule has 1 N–H and O–H groups in total. The van der Waals surface area contributed by atoms with Crippen molar-refractivity contribution in [3.63, 3.8) is 0 Å². The van der Waals surface area contributed by atoms with Crippen LogP contribution in [0.5, 0.6) is 0 Å². The Morgan fingerprint density at radius 3 is 2.77 bits per heavy atom. The third-order valence-electron chi connectivity index (χ3n) is 3.68. The molecular formula is C18H20N2OS. The highest BCUT2D eigenvalue weighted by molar-refractivity contribution is 7.19. The second-order valence-electron chi connectivity index (χ2n) is 5.37. The molecule has 0 saturated heterocycles. The van der Waals surface area contributed by atoms with Crippen molar-refractivity contribution >= 4 is 21.4 Å². The van der Waals surface area contributed by atoms with E-state index in [-0.39, 0.29) is 5.56 Å². The fourth-order valence-corrected chi connectivity index (χ4v) is 3.55. The van der Waals surface area contributed by atoms with Crippen molar-refractivity contribution in [3.8, 4) is 0 Å². The normalized spacial score (nSPS) is 11.1. The fourth-order valence-electron chi connectivity index (χ4n) is 2.51. The van der Waals surface area contributed by atoms with E-state index in [0.717, 1.165) is 32.5 Å². The maximum absolute atomic E-state index is 11.6. The molecule has 3 aromatic rings. The third-order valence-corrected chi connectivity index (χ3v) is 4.79. The van der Waals surface area contributed by atoms with E-state index in [0.29, 0.717) is 0 Å². The van der Waals surface area contributed by atoms with Crippen LogP contribution < -0.4 is 10.9 Å². The van der Waals surface area contributed by atoms with Gasteiger partial charge in [0, 0.05) is 34.9 Å². The number of thiophene rings is 1. The van der Waals surface area contributed by atoms with Crippen molar-refractivity contribution in [3.05, 3.63) is 70.0 Å². The highest BCUT2D eigenvalue weighted by Gasteiger charge is 2.00. The van der Waals surface area contributed by atoms with Crippen LogP contribution in [0.2, 0.25) is 0 Å². The molecule has 114 valence electrons. The largest absolute Gasteiger partial charge is 0.316 e. The van der Waals surface area contributed by atoms with Gasteiger partial charge in [-0.1, -0.05) is 24.3 Å². The van der Waals surface area contributed by atoms with E-state index < -0.39 is 0 Å². The number of nitrogens with zero attached hydrogens (tertiary/aromatic N) is 1. The van der Waals surface area contributed by atoms with Crippen molar-refractivity contribution in [1.82, 2.24) is 9.88 Å². The summed E-state index contributed by atoms with van der Waals surface area (Å²) in [5.74, 6) is 0. The van der Waals surface area contributed by atoms with Gasteiger partial charge < -0.3 is 9.88 Å². The Labute approximate surface area is 134 Å². The van der Waals surface area contributed by atoms with E-state index in [9.17, 15) is 4.79 Å². The Bertz CT molecular complexity index is 758. The average molecular weight is 312 g/mol. The van der Waals surface area contributed by atoms with Crippen LogP contribution in [0, 0.1) is 0 Å². The van der Waals surface area contributed by atoms with Crippen LogP contribution in [0.1, 0.15) is 17.7 Å². The molecule has 2 heterocycles. The Kier molecular flexibility index (Phi) is 5.03. The first-order valence-corrected chi connectivity index (χ1v) is 8.48. The first kappa shape index (κ1) is 15.0. The van der Waals surface area contributed by atoms with Gasteiger partial charge >= 0.3 is 0 Å². The summed E-state index contributed by atoms with van der Waals surface area (Å²) in [6.07, 6.45) is 3.95. The Hall–Kier alpha value is -1.91. The number of benzene rings is 1. The second kappa shape index (κ2) is 7.38. The zero-order chi connectivity index (χ0) is 15.2. The summed E-state index contributed by atoms with van der Waals surface area (Å²) in [6.45, 7) is 2.70. The fraction of sp³-hybridized carbons (Fsp3) is 0.278. The number of pyridine rings is 1. The molecule has 0 aliphatic carbocycles. The van der Waals surface area contributed by atoms with E-state index in [2.05, 4.69) is 35.6 Å². The minimum Gasteiger partial charge on any atom is -0.316 e. The molecule has 0 saturated carbocycles. The molecular weight excluding hydrogens is 292 g/mol. The summed E-state index contributed by atoms with van der Waals surface area (Å²) in [5.41, 5.74) is 0.0840. The molecule has 3 nitrogen and oxygen atoms in total. The van der Waals surface area contributed by atoms with Crippen molar-refractivity contribution in [1.29, 1.82) is 0 Å². The summed E-state index contributed by atoms with van der Waals surface area (Å²) < 4.78 is 3.12. The predicted octanol–water partition coefficient (Wildman–Crippen LogP) is 3.63. The summed E-state index contributed by atoms with van der Waals surface area (Å²) in [6, 6.07) is 16.1. The quantitative estimate of drug-likeness (QED) is 0.676. The Morgan fingerprint density at radius 2 is 1.91 bits per heavy atom. The average Bonchev–Trinajstić information content (AvgIpc) is 2.95. The molecule has 0 amide bonds. The molecule has 0 radical (unpaired) electrons. The Morgan fingerprint density at radius 1 is 1.05 bits per heavy atom. The topological polar surface area (TPSA) is 34.0 Å². The molecule has 0 unspecified atom stereocenters. The molecule has 1 aromatic carbocycles. The molecule has 0 bridgehead atoms. The lowest BCUT2D eigenvalue weighted by Crippen LogP contribution is -2.19. The number of unbranched alkanes of at least 4 members (excludes halogenated alkanes) is 1. The Balaban J connectivity index is 1.39. The number of aryl methyl sites for hydroxylation is 1. The van der Waals surface area contributed by atoms with Gasteiger partial charge in [0.1, 0.15) is 0 Å². The summed E-state index contributed by atoms with van der Waals surface area (Å²) in [5, 5.41) is 4.81. The smallest absolute Gasteiger partial charge is 0.250 e. The monoisotopic (exact) mass is 312 g/mol. The highest BCUT2D eigenvalue weighted by Crippen LogP contribution is 2.24. The molecule has 3 rings (SSSR count). The third kappa shape index (κ3) is 3.84. The van der Waals surface area contributed by atoms with Crippen LogP contribution in [-0.2, 0) is 13.1 Å². The zero-order valence-corrected chi connectivity index (χ0v) is 13.3. The lowest BCUT2D eigenvalue weighted by Gasteiger charge is -2.05. The number of hydrogen-bond donors (Lipinski definition) is 1. The number of hydrogen-bond acceptors (Lipinski definition) is 3. The van der Waals surface area contributed by atoms with Gasteiger partial charge in [0.25, 0.3) is 0 Å². The van der Waals surface area contributed by atoms with Crippen molar-refractivity contribution in [2.45, 2.75) is 25.9 Å². The first-order valence-electron chi connectivity index (χ1n) is 7.66. The molecule has 0 spiro atoms. The number of aromatic nitrogens is 1. The second-order valence-corrected chi connectivity index (χ2v) is 6.54. The molecule has 0 fully saturated rings. The van der Waals surface area contributed by atoms with E-state index in [1.807, 2.05) is 23.6 Å². The van der Waals surface area contributed by atoms with E-state index >= 15 is 0 Å². The molecule has 0 aliphatic rings. The standard InChI is InChI=1S/C18H20N2OS/c21-18-9-3-5-11-20(18)12-6-4-10-19-14-16-13-15-7-1-2-8-17(15)22-16/h1-3,5,7-9,11,13,19H,4,6,10,12,14H2. The van der Waals surface area contributed by atoms with Gasteiger partial charge in [-0.15, -0.1) is 11.3 Å². The maximum atomic E-state index is 11.6. The summed E-state index contributed by atoms with van der Waals surface area (Å²) in [7, 11) is 0. The minimum atomic E-state index is 0.0840. The van der Waals surface area contributed by atoms with E-state index in [4.69, 9.17) is 0 Å². The van der Waals surface area contributed by atoms with E-state index in [1.165, 1.54) is 15.0 Å². The molecule has 2 aromatic heterocycles. The van der Waals surface area contributed by atoms with Gasteiger partial charge in [-0.05, 0) is 43.0 Å². The van der Waals surface area contributed by atoms with Crippen LogP contribution in [0.15, 0.2) is 59.5 Å². The first-order chi connectivity index (χ1) is 10.8. The number of fused-ring (bicyclic) bond motifs is 1. The predicted molar refractivity (Wildman–Crippen MR) is 93.5 cm³/mol. The SMILES string of the molecule is O=c1ccccn1CCCCNCc1cc2ccccc2s1. The lowest BCUT2D eigenvalue weighted by molar-refractivity contribution is 0.560. The molecule has 4 heteroatoms. The maximum Gasteiger partial charge on any atom is 0.250 e. The van der Waals surface area contributed by atoms with E-state index in [1.54, 1.807) is 16.7 Å². The summed E-state index contributed by atoms with van der Waals surface area (Å²) >= 11 is 1.85. The van der Waals surface area contributed by atoms with Gasteiger partial charge in [0.2, 0.25) is 5.56 Å². The molecule has 0 atom stereocenters. The van der Waals surface area contributed by atoms with Gasteiger partial charge in [-0.3, -0.25) is 4.79 Å². The highest BCUT2D eigenvalue weighted by atomic mass is 32.1. The zero-order valence-electron chi connectivity index (χ0n) is 12.5. The van der Waals surface area contributed by atoms with Crippen molar-refractivity contribution < 1.29 is 0 Å². The lowest BCUT2D eigenvalue weighted by atomic mass is 10.2. The van der Waals surface area contributed by atoms with Crippen LogP contribution in [0.25, 0.3) is 10.1 Å². The van der Waals surface area contributed by atoms with Gasteiger partial charge in [-0.25, -0.2) is 0 Å². The van der Waals surface area contributed by atoms with Gasteiger partial charge in [0.05, 0.1) is 0 Å². The van der Waals surface area contributed by atoms with Gasteiger partial charge in [-0.2, -0.15) is 0 Å². The van der Waals surface area contributed by atoms with Gasteiger partial charge in [0.15, 0.2) is 0 Å². The van der Waals surface area contributed by atoms with Crippen LogP contribution >= 0.6 is 11.3 Å². The number of rotatable bonds is 7. The van der Waals surface area contributed by atoms with Crippen molar-refractivity contribution in [2.24, 2.45) is 0 Å². The molecule has 22 heavy (non-hydrogen) atoms. The summed E-state index contributed by atoms with van der Waals surface area (Å²) in [4.78, 5) is 12.9. The molecule has 0 aliphatic heterocycles. The minimum absolute atomic E-state index is 0.0840. The van der Waals surface area contributed by atoms with Crippen LogP contribution in [0.3, 0.4) is 0 Å². The number of nitrogens with one attached hydrogen (secondary N) is 1. The van der Waals surface area contributed by atoms with Crippen molar-refractivity contribution in [2.75, 3.05) is 6.54 Å². The van der Waals surface area contributed by atoms with Crippen LogP contribution in [0.4, 0.5) is 0 Å².